The molecule has 0 fully saturated rings. The van der Waals surface area contributed by atoms with Crippen LogP contribution in [0.4, 0.5) is 0 Å². The Morgan fingerprint density at radius 1 is 1.12 bits per heavy atom. The van der Waals surface area contributed by atoms with Crippen molar-refractivity contribution in [2.45, 2.75) is 4.58 Å². The molecule has 0 aromatic heterocycles. The summed E-state index contributed by atoms with van der Waals surface area (Å²) in [7, 11) is -9.95. The largest absolute Gasteiger partial charge is 0.289 e. The van der Waals surface area contributed by atoms with Crippen molar-refractivity contribution in [2.75, 3.05) is 0 Å². The van der Waals surface area contributed by atoms with E-state index in [1.807, 2.05) is 0 Å². The lowest BCUT2D eigenvalue weighted by molar-refractivity contribution is 0.456. The topological polar surface area (TPSA) is 109 Å². The van der Waals surface area contributed by atoms with E-state index < -0.39 is 24.8 Å². The lowest BCUT2D eigenvalue weighted by atomic mass is 10.1. The standard InChI is InChI=1S/C9H10O6S2/c1-2-7-4-3-5-8(6-7)9(16(10,11)12)17(13,14)15/h2-6,9H,1H2,(H,10,11,12)(H,13,14,15). The lowest BCUT2D eigenvalue weighted by Gasteiger charge is -2.11. The first-order valence-corrected chi connectivity index (χ1v) is 7.32. The van der Waals surface area contributed by atoms with E-state index in [9.17, 15) is 16.8 Å². The van der Waals surface area contributed by atoms with Crippen LogP contribution < -0.4 is 0 Å². The summed E-state index contributed by atoms with van der Waals surface area (Å²) >= 11 is 0. The number of hydrogen-bond donors (Lipinski definition) is 2. The summed E-state index contributed by atoms with van der Waals surface area (Å²) < 4.78 is 59.1. The van der Waals surface area contributed by atoms with Gasteiger partial charge in [-0.05, 0) is 17.2 Å². The van der Waals surface area contributed by atoms with Crippen molar-refractivity contribution in [2.24, 2.45) is 0 Å². The molecule has 0 aliphatic rings. The number of hydrogen-bond acceptors (Lipinski definition) is 4. The number of rotatable bonds is 4. The molecule has 0 radical (unpaired) electrons. The Bertz CT molecular complexity index is 597. The molecule has 2 N–H and O–H groups in total. The zero-order valence-electron chi connectivity index (χ0n) is 8.52. The Balaban J connectivity index is 3.49. The summed E-state index contributed by atoms with van der Waals surface area (Å²) in [5.74, 6) is 0. The molecule has 94 valence electrons. The van der Waals surface area contributed by atoms with Gasteiger partial charge < -0.3 is 0 Å². The summed E-state index contributed by atoms with van der Waals surface area (Å²) in [6, 6.07) is 5.30. The molecule has 0 aliphatic carbocycles. The number of benzene rings is 1. The van der Waals surface area contributed by atoms with Crippen LogP contribution in [0.3, 0.4) is 0 Å². The Labute approximate surface area is 99.1 Å². The molecule has 0 atom stereocenters. The Morgan fingerprint density at radius 2 is 1.65 bits per heavy atom. The Hall–Kier alpha value is -1.22. The van der Waals surface area contributed by atoms with Crippen LogP contribution in [0.5, 0.6) is 0 Å². The van der Waals surface area contributed by atoms with Gasteiger partial charge in [-0.25, -0.2) is 0 Å². The second-order valence-corrected chi connectivity index (χ2v) is 6.54. The van der Waals surface area contributed by atoms with Crippen LogP contribution in [0.2, 0.25) is 0 Å². The SMILES string of the molecule is C=Cc1cccc(C(S(=O)(=O)O)S(=O)(=O)O)c1. The molecule has 0 heterocycles. The minimum atomic E-state index is -4.97. The first-order valence-electron chi connectivity index (χ1n) is 4.31. The van der Waals surface area contributed by atoms with Gasteiger partial charge in [0.2, 0.25) is 4.58 Å². The Kier molecular flexibility index (Phi) is 3.72. The predicted molar refractivity (Wildman–Crippen MR) is 62.4 cm³/mol. The smallest absolute Gasteiger partial charge is 0.284 e. The highest BCUT2D eigenvalue weighted by atomic mass is 32.3. The normalized spacial score (nSPS) is 12.6. The average Bonchev–Trinajstić information content (AvgIpc) is 2.13. The van der Waals surface area contributed by atoms with E-state index in [0.29, 0.717) is 5.56 Å². The monoisotopic (exact) mass is 278 g/mol. The molecular formula is C9H10O6S2. The average molecular weight is 278 g/mol. The summed E-state index contributed by atoms with van der Waals surface area (Å²) in [5.41, 5.74) is 0.201. The van der Waals surface area contributed by atoms with Crippen LogP contribution in [-0.4, -0.2) is 25.9 Å². The fourth-order valence-corrected chi connectivity index (χ4v) is 3.54. The molecule has 6 nitrogen and oxygen atoms in total. The quantitative estimate of drug-likeness (QED) is 0.798. The first-order chi connectivity index (χ1) is 7.66. The molecule has 0 unspecified atom stereocenters. The van der Waals surface area contributed by atoms with Crippen LogP contribution in [0, 0.1) is 0 Å². The zero-order valence-corrected chi connectivity index (χ0v) is 10.1. The molecule has 8 heteroatoms. The highest BCUT2D eigenvalue weighted by molar-refractivity contribution is 8.03. The van der Waals surface area contributed by atoms with Crippen molar-refractivity contribution < 1.29 is 25.9 Å². The second-order valence-electron chi connectivity index (χ2n) is 3.24. The molecule has 0 spiro atoms. The van der Waals surface area contributed by atoms with Crippen molar-refractivity contribution >= 4 is 26.3 Å². The fourth-order valence-electron chi connectivity index (χ4n) is 1.33. The van der Waals surface area contributed by atoms with E-state index in [0.717, 1.165) is 0 Å². The van der Waals surface area contributed by atoms with Gasteiger partial charge in [0.15, 0.2) is 0 Å². The third-order valence-electron chi connectivity index (χ3n) is 1.96. The van der Waals surface area contributed by atoms with Crippen LogP contribution in [0.1, 0.15) is 15.7 Å². The van der Waals surface area contributed by atoms with E-state index in [1.54, 1.807) is 6.07 Å². The van der Waals surface area contributed by atoms with Crippen LogP contribution >= 0.6 is 0 Å². The van der Waals surface area contributed by atoms with Gasteiger partial charge in [0.1, 0.15) is 0 Å². The van der Waals surface area contributed by atoms with Gasteiger partial charge in [0, 0.05) is 0 Å². The molecule has 0 aliphatic heterocycles. The molecule has 0 saturated carbocycles. The summed E-state index contributed by atoms with van der Waals surface area (Å²) in [6.07, 6.45) is 1.37. The third-order valence-corrected chi connectivity index (χ3v) is 5.05. The second kappa shape index (κ2) is 4.57. The van der Waals surface area contributed by atoms with E-state index in [1.165, 1.54) is 24.3 Å². The fraction of sp³-hybridized carbons (Fsp3) is 0.111. The third kappa shape index (κ3) is 3.37. The van der Waals surface area contributed by atoms with E-state index in [-0.39, 0.29) is 5.56 Å². The molecule has 1 aromatic carbocycles. The van der Waals surface area contributed by atoms with Gasteiger partial charge in [-0.1, -0.05) is 30.9 Å². The van der Waals surface area contributed by atoms with E-state index >= 15 is 0 Å². The highest BCUT2D eigenvalue weighted by Gasteiger charge is 2.37. The summed E-state index contributed by atoms with van der Waals surface area (Å²) in [6.45, 7) is 3.43. The molecule has 17 heavy (non-hydrogen) atoms. The summed E-state index contributed by atoms with van der Waals surface area (Å²) in [4.78, 5) is 0. The van der Waals surface area contributed by atoms with E-state index in [4.69, 9.17) is 9.11 Å². The molecule has 0 bridgehead atoms. The Morgan fingerprint density at radius 3 is 2.06 bits per heavy atom. The minimum absolute atomic E-state index is 0.257. The van der Waals surface area contributed by atoms with Crippen molar-refractivity contribution in [3.8, 4) is 0 Å². The maximum Gasteiger partial charge on any atom is 0.289 e. The maximum absolute atomic E-state index is 11.0. The van der Waals surface area contributed by atoms with Gasteiger partial charge in [-0.2, -0.15) is 16.8 Å². The van der Waals surface area contributed by atoms with Crippen LogP contribution in [-0.2, 0) is 20.2 Å². The molecule has 0 saturated heterocycles. The van der Waals surface area contributed by atoms with Gasteiger partial charge >= 0.3 is 0 Å². The predicted octanol–water partition coefficient (Wildman–Crippen LogP) is 1.10. The zero-order chi connectivity index (χ0) is 13.3. The van der Waals surface area contributed by atoms with Gasteiger partial charge in [0.25, 0.3) is 20.2 Å². The van der Waals surface area contributed by atoms with Crippen LogP contribution in [0.25, 0.3) is 6.08 Å². The maximum atomic E-state index is 11.0. The van der Waals surface area contributed by atoms with Crippen molar-refractivity contribution in [1.82, 2.24) is 0 Å². The summed E-state index contributed by atoms with van der Waals surface area (Å²) in [5, 5.41) is 0. The van der Waals surface area contributed by atoms with E-state index in [2.05, 4.69) is 6.58 Å². The van der Waals surface area contributed by atoms with Crippen molar-refractivity contribution in [3.05, 3.63) is 42.0 Å². The first kappa shape index (κ1) is 13.8. The minimum Gasteiger partial charge on any atom is -0.284 e. The molecule has 0 amide bonds. The van der Waals surface area contributed by atoms with Crippen molar-refractivity contribution in [3.63, 3.8) is 0 Å². The molecule has 1 rings (SSSR count). The van der Waals surface area contributed by atoms with Gasteiger partial charge in [-0.15, -0.1) is 0 Å². The lowest BCUT2D eigenvalue weighted by Crippen LogP contribution is -2.21. The van der Waals surface area contributed by atoms with Crippen molar-refractivity contribution in [1.29, 1.82) is 0 Å². The van der Waals surface area contributed by atoms with Crippen LogP contribution in [0.15, 0.2) is 30.8 Å². The molecule has 1 aromatic rings. The van der Waals surface area contributed by atoms with Gasteiger partial charge in [-0.3, -0.25) is 9.11 Å². The highest BCUT2D eigenvalue weighted by Crippen LogP contribution is 2.27. The molecular weight excluding hydrogens is 268 g/mol. The van der Waals surface area contributed by atoms with Gasteiger partial charge in [0.05, 0.1) is 0 Å².